The maximum absolute atomic E-state index is 12.7. The fraction of sp³-hybridized carbons (Fsp3) is 0.238. The summed E-state index contributed by atoms with van der Waals surface area (Å²) >= 11 is 0. The van der Waals surface area contributed by atoms with Crippen molar-refractivity contribution in [2.75, 3.05) is 13.7 Å². The van der Waals surface area contributed by atoms with Gasteiger partial charge in [0.15, 0.2) is 0 Å². The van der Waals surface area contributed by atoms with E-state index >= 15 is 0 Å². The van der Waals surface area contributed by atoms with E-state index in [4.69, 9.17) is 9.68 Å². The molecule has 30 heavy (non-hydrogen) atoms. The Morgan fingerprint density at radius 3 is 2.50 bits per heavy atom. The molecule has 0 spiro atoms. The van der Waals surface area contributed by atoms with Gasteiger partial charge in [0.25, 0.3) is 0 Å². The lowest BCUT2D eigenvalue weighted by Gasteiger charge is -2.08. The zero-order valence-corrected chi connectivity index (χ0v) is 16.3. The van der Waals surface area contributed by atoms with Crippen LogP contribution < -0.4 is 0 Å². The fourth-order valence-corrected chi connectivity index (χ4v) is 2.78. The Hall–Kier alpha value is -3.49. The van der Waals surface area contributed by atoms with E-state index in [1.165, 1.54) is 19.2 Å². The van der Waals surface area contributed by atoms with Gasteiger partial charge in [-0.25, -0.2) is 0 Å². The van der Waals surface area contributed by atoms with Crippen molar-refractivity contribution >= 4 is 23.3 Å². The molecule has 0 fully saturated rings. The third kappa shape index (κ3) is 5.11. The van der Waals surface area contributed by atoms with Crippen molar-refractivity contribution in [3.05, 3.63) is 70.8 Å². The average Bonchev–Trinajstić information content (AvgIpc) is 3.26. The van der Waals surface area contributed by atoms with Crippen LogP contribution in [0.1, 0.15) is 35.6 Å². The summed E-state index contributed by atoms with van der Waals surface area (Å²) in [5.41, 5.74) is 3.01. The van der Waals surface area contributed by atoms with Gasteiger partial charge in [-0.05, 0) is 24.6 Å². The van der Waals surface area contributed by atoms with Gasteiger partial charge in [0.05, 0.1) is 17.5 Å². The summed E-state index contributed by atoms with van der Waals surface area (Å²) in [5.74, 6) is 0. The topological polar surface area (TPSA) is 67.9 Å². The SMILES string of the molecule is CON=C(C1=NOCC1)c1ccccc1C=NN=C(C)c1ccc(C(F)(F)F)cc1. The van der Waals surface area contributed by atoms with Gasteiger partial charge in [0.1, 0.15) is 25.1 Å². The lowest BCUT2D eigenvalue weighted by atomic mass is 9.99. The predicted octanol–water partition coefficient (Wildman–Crippen LogP) is 4.68. The molecule has 0 aliphatic carbocycles. The minimum atomic E-state index is -4.37. The molecule has 1 aliphatic rings. The Labute approximate surface area is 171 Å². The monoisotopic (exact) mass is 416 g/mol. The first-order valence-electron chi connectivity index (χ1n) is 9.05. The van der Waals surface area contributed by atoms with E-state index in [0.717, 1.165) is 23.3 Å². The van der Waals surface area contributed by atoms with Gasteiger partial charge in [0, 0.05) is 17.5 Å². The molecule has 2 aromatic carbocycles. The Balaban J connectivity index is 1.83. The third-order valence-electron chi connectivity index (χ3n) is 4.31. The second kappa shape index (κ2) is 9.34. The summed E-state index contributed by atoms with van der Waals surface area (Å²) in [7, 11) is 1.45. The lowest BCUT2D eigenvalue weighted by molar-refractivity contribution is -0.137. The number of halogens is 3. The van der Waals surface area contributed by atoms with Crippen LogP contribution >= 0.6 is 0 Å². The van der Waals surface area contributed by atoms with Crippen LogP contribution in [-0.2, 0) is 15.9 Å². The Kier molecular flexibility index (Phi) is 6.61. The molecule has 0 atom stereocenters. The molecule has 1 aliphatic heterocycles. The van der Waals surface area contributed by atoms with Crippen LogP contribution in [0.5, 0.6) is 0 Å². The molecule has 0 aromatic heterocycles. The van der Waals surface area contributed by atoms with Crippen LogP contribution in [-0.4, -0.2) is 37.1 Å². The van der Waals surface area contributed by atoms with Crippen molar-refractivity contribution in [1.82, 2.24) is 0 Å². The molecule has 6 nitrogen and oxygen atoms in total. The summed E-state index contributed by atoms with van der Waals surface area (Å²) in [6.07, 6.45) is -2.22. The molecule has 9 heteroatoms. The number of oxime groups is 2. The normalized spacial score (nSPS) is 15.3. The van der Waals surface area contributed by atoms with Crippen molar-refractivity contribution in [2.45, 2.75) is 19.5 Å². The van der Waals surface area contributed by atoms with E-state index in [9.17, 15) is 13.2 Å². The zero-order chi connectivity index (χ0) is 21.6. The van der Waals surface area contributed by atoms with Gasteiger partial charge in [-0.15, -0.1) is 0 Å². The van der Waals surface area contributed by atoms with Crippen LogP contribution in [0, 0.1) is 0 Å². The number of rotatable bonds is 6. The largest absolute Gasteiger partial charge is 0.416 e. The molecule has 0 amide bonds. The molecule has 0 bridgehead atoms. The van der Waals surface area contributed by atoms with Crippen molar-refractivity contribution in [3.63, 3.8) is 0 Å². The highest BCUT2D eigenvalue weighted by molar-refractivity contribution is 6.49. The fourth-order valence-electron chi connectivity index (χ4n) is 2.78. The maximum atomic E-state index is 12.7. The van der Waals surface area contributed by atoms with Gasteiger partial charge in [0.2, 0.25) is 0 Å². The van der Waals surface area contributed by atoms with E-state index in [0.29, 0.717) is 35.7 Å². The molecule has 3 rings (SSSR count). The van der Waals surface area contributed by atoms with Crippen LogP contribution in [0.3, 0.4) is 0 Å². The number of hydrogen-bond donors (Lipinski definition) is 0. The standard InChI is InChI=1S/C21H19F3N4O2/c1-14(15-7-9-17(10-8-15)21(22,23)24)26-25-13-16-5-3-4-6-18(16)20(28-29-2)19-11-12-30-27-19/h3-10,13H,11-12H2,1-2H3. The van der Waals surface area contributed by atoms with Gasteiger partial charge >= 0.3 is 6.18 Å². The quantitative estimate of drug-likeness (QED) is 0.507. The number of hydrogen-bond acceptors (Lipinski definition) is 6. The highest BCUT2D eigenvalue weighted by Crippen LogP contribution is 2.29. The molecule has 0 unspecified atom stereocenters. The number of nitrogens with zero attached hydrogens (tertiary/aromatic N) is 4. The predicted molar refractivity (Wildman–Crippen MR) is 109 cm³/mol. The van der Waals surface area contributed by atoms with E-state index in [1.807, 2.05) is 24.3 Å². The molecule has 156 valence electrons. The van der Waals surface area contributed by atoms with Crippen LogP contribution in [0.15, 0.2) is 69.0 Å². The Morgan fingerprint density at radius 1 is 1.13 bits per heavy atom. The van der Waals surface area contributed by atoms with Crippen molar-refractivity contribution < 1.29 is 22.8 Å². The van der Waals surface area contributed by atoms with Crippen molar-refractivity contribution in [1.29, 1.82) is 0 Å². The first-order valence-corrected chi connectivity index (χ1v) is 9.05. The maximum Gasteiger partial charge on any atom is 0.416 e. The van der Waals surface area contributed by atoms with Gasteiger partial charge in [-0.3, -0.25) is 0 Å². The first-order chi connectivity index (χ1) is 14.4. The summed E-state index contributed by atoms with van der Waals surface area (Å²) < 4.78 is 38.1. The highest BCUT2D eigenvalue weighted by Gasteiger charge is 2.30. The van der Waals surface area contributed by atoms with E-state index in [2.05, 4.69) is 20.5 Å². The van der Waals surface area contributed by atoms with Crippen molar-refractivity contribution in [3.8, 4) is 0 Å². The first kappa shape index (κ1) is 21.2. The van der Waals surface area contributed by atoms with Gasteiger partial charge in [-0.1, -0.05) is 46.7 Å². The Bertz CT molecular complexity index is 1010. The average molecular weight is 416 g/mol. The summed E-state index contributed by atoms with van der Waals surface area (Å²) in [5, 5.41) is 16.3. The minimum absolute atomic E-state index is 0.477. The molecule has 0 N–H and O–H groups in total. The van der Waals surface area contributed by atoms with E-state index in [-0.39, 0.29) is 0 Å². The molecule has 0 saturated heterocycles. The van der Waals surface area contributed by atoms with E-state index in [1.54, 1.807) is 13.1 Å². The Morgan fingerprint density at radius 2 is 1.87 bits per heavy atom. The highest BCUT2D eigenvalue weighted by atomic mass is 19.4. The number of alkyl halides is 3. The lowest BCUT2D eigenvalue weighted by Crippen LogP contribution is -2.16. The smallest absolute Gasteiger partial charge is 0.399 e. The van der Waals surface area contributed by atoms with Crippen LogP contribution in [0.2, 0.25) is 0 Å². The molecule has 2 aromatic rings. The summed E-state index contributed by atoms with van der Waals surface area (Å²) in [6.45, 7) is 2.15. The number of benzene rings is 2. The second-order valence-electron chi connectivity index (χ2n) is 6.34. The minimum Gasteiger partial charge on any atom is -0.399 e. The summed E-state index contributed by atoms with van der Waals surface area (Å²) in [6, 6.07) is 12.2. The van der Waals surface area contributed by atoms with Crippen molar-refractivity contribution in [2.24, 2.45) is 20.5 Å². The molecule has 0 radical (unpaired) electrons. The zero-order valence-electron chi connectivity index (χ0n) is 16.3. The second-order valence-corrected chi connectivity index (χ2v) is 6.34. The van der Waals surface area contributed by atoms with Gasteiger partial charge < -0.3 is 9.68 Å². The molecular formula is C21H19F3N4O2. The molecular weight excluding hydrogens is 397 g/mol. The van der Waals surface area contributed by atoms with Crippen LogP contribution in [0.25, 0.3) is 0 Å². The van der Waals surface area contributed by atoms with E-state index < -0.39 is 11.7 Å². The summed E-state index contributed by atoms with van der Waals surface area (Å²) in [4.78, 5) is 10.0. The third-order valence-corrected chi connectivity index (χ3v) is 4.31. The molecule has 1 heterocycles. The molecule has 0 saturated carbocycles. The van der Waals surface area contributed by atoms with Crippen LogP contribution in [0.4, 0.5) is 13.2 Å². The van der Waals surface area contributed by atoms with Gasteiger partial charge in [-0.2, -0.15) is 23.4 Å².